The molecule has 142 valence electrons. The van der Waals surface area contributed by atoms with E-state index in [0.29, 0.717) is 31.5 Å². The number of nitro benzene ring substituents is 1. The summed E-state index contributed by atoms with van der Waals surface area (Å²) in [7, 11) is 0. The third kappa shape index (κ3) is 5.44. The van der Waals surface area contributed by atoms with E-state index < -0.39 is 16.5 Å². The lowest BCUT2D eigenvalue weighted by molar-refractivity contribution is -0.385. The first-order chi connectivity index (χ1) is 12.2. The van der Waals surface area contributed by atoms with Gasteiger partial charge in [0.05, 0.1) is 16.4 Å². The van der Waals surface area contributed by atoms with Crippen LogP contribution < -0.4 is 0 Å². The molecular formula is C18H24N2O6. The van der Waals surface area contributed by atoms with Gasteiger partial charge in [-0.1, -0.05) is 12.1 Å². The van der Waals surface area contributed by atoms with Gasteiger partial charge in [0.25, 0.3) is 5.69 Å². The summed E-state index contributed by atoms with van der Waals surface area (Å²) in [5.41, 5.74) is -0.269. The fourth-order valence-corrected chi connectivity index (χ4v) is 2.70. The van der Waals surface area contributed by atoms with Gasteiger partial charge < -0.3 is 14.4 Å². The van der Waals surface area contributed by atoms with Crippen LogP contribution in [0.3, 0.4) is 0 Å². The molecule has 0 N–H and O–H groups in total. The molecule has 8 heteroatoms. The Morgan fingerprint density at radius 2 is 1.85 bits per heavy atom. The number of para-hydroxylation sites is 1. The minimum absolute atomic E-state index is 0.0694. The zero-order valence-electron chi connectivity index (χ0n) is 15.3. The van der Waals surface area contributed by atoms with E-state index in [1.807, 2.05) is 0 Å². The highest BCUT2D eigenvalue weighted by Crippen LogP contribution is 2.23. The largest absolute Gasteiger partial charge is 0.460 e. The van der Waals surface area contributed by atoms with E-state index in [4.69, 9.17) is 9.47 Å². The van der Waals surface area contributed by atoms with Crippen LogP contribution >= 0.6 is 0 Å². The number of carbonyl (C=O) groups is 2. The van der Waals surface area contributed by atoms with Gasteiger partial charge in [-0.2, -0.15) is 0 Å². The van der Waals surface area contributed by atoms with Crippen LogP contribution in [0.4, 0.5) is 10.5 Å². The van der Waals surface area contributed by atoms with Crippen LogP contribution in [0.2, 0.25) is 0 Å². The lowest BCUT2D eigenvalue weighted by Crippen LogP contribution is -2.43. The average molecular weight is 364 g/mol. The number of piperidine rings is 1. The molecule has 0 aliphatic carbocycles. The van der Waals surface area contributed by atoms with Crippen molar-refractivity contribution in [3.05, 3.63) is 39.9 Å². The molecule has 0 radical (unpaired) electrons. The molecular weight excluding hydrogens is 340 g/mol. The maximum Gasteiger partial charge on any atom is 0.410 e. The molecule has 1 fully saturated rings. The maximum atomic E-state index is 12.2. The van der Waals surface area contributed by atoms with Crippen LogP contribution in [-0.4, -0.2) is 40.6 Å². The topological polar surface area (TPSA) is 99.0 Å². The van der Waals surface area contributed by atoms with Crippen molar-refractivity contribution in [3.63, 3.8) is 0 Å². The van der Waals surface area contributed by atoms with Crippen molar-refractivity contribution in [2.75, 3.05) is 13.1 Å². The van der Waals surface area contributed by atoms with Crippen molar-refractivity contribution in [2.24, 2.45) is 5.92 Å². The van der Waals surface area contributed by atoms with Crippen LogP contribution in [0.25, 0.3) is 0 Å². The van der Waals surface area contributed by atoms with Crippen LogP contribution in [0.5, 0.6) is 0 Å². The number of hydrogen-bond acceptors (Lipinski definition) is 6. The van der Waals surface area contributed by atoms with E-state index in [1.54, 1.807) is 43.9 Å². The number of amides is 1. The predicted octanol–water partition coefficient (Wildman–Crippen LogP) is 3.29. The van der Waals surface area contributed by atoms with Crippen molar-refractivity contribution in [3.8, 4) is 0 Å². The Morgan fingerprint density at radius 3 is 2.42 bits per heavy atom. The Kier molecular flexibility index (Phi) is 6.18. The zero-order chi connectivity index (χ0) is 19.3. The Balaban J connectivity index is 1.84. The molecule has 0 spiro atoms. The molecule has 0 unspecified atom stereocenters. The molecule has 0 saturated carbocycles. The third-order valence-electron chi connectivity index (χ3n) is 4.04. The fraction of sp³-hybridized carbons (Fsp3) is 0.556. The van der Waals surface area contributed by atoms with Crippen LogP contribution in [0.1, 0.15) is 39.2 Å². The first-order valence-corrected chi connectivity index (χ1v) is 8.54. The molecule has 26 heavy (non-hydrogen) atoms. The van der Waals surface area contributed by atoms with E-state index in [0.717, 1.165) is 0 Å². The predicted molar refractivity (Wildman–Crippen MR) is 93.4 cm³/mol. The fourth-order valence-electron chi connectivity index (χ4n) is 2.70. The van der Waals surface area contributed by atoms with Crippen molar-refractivity contribution in [2.45, 2.75) is 45.8 Å². The minimum atomic E-state index is -0.558. The normalized spacial score (nSPS) is 15.4. The molecule has 1 aromatic carbocycles. The standard InChI is InChI=1S/C18H24N2O6/c1-18(2,3)26-17(22)19-10-8-13(9-11-19)16(21)25-12-14-6-4-5-7-15(14)20(23)24/h4-7,13H,8-12H2,1-3H3. The zero-order valence-corrected chi connectivity index (χ0v) is 15.3. The molecule has 0 aromatic heterocycles. The van der Waals surface area contributed by atoms with Gasteiger partial charge in [0.2, 0.25) is 0 Å². The molecule has 1 aliphatic heterocycles. The lowest BCUT2D eigenvalue weighted by Gasteiger charge is -2.32. The number of esters is 1. The average Bonchev–Trinajstić information content (AvgIpc) is 2.58. The second-order valence-electron chi connectivity index (χ2n) is 7.24. The Hall–Kier alpha value is -2.64. The molecule has 0 atom stereocenters. The van der Waals surface area contributed by atoms with Gasteiger partial charge in [-0.25, -0.2) is 4.79 Å². The summed E-state index contributed by atoms with van der Waals surface area (Å²) in [6.45, 7) is 6.11. The number of nitrogens with zero attached hydrogens (tertiary/aromatic N) is 2. The molecule has 2 rings (SSSR count). The summed E-state index contributed by atoms with van der Waals surface area (Å²) in [4.78, 5) is 36.3. The van der Waals surface area contributed by atoms with Gasteiger partial charge >= 0.3 is 12.1 Å². The summed E-state index contributed by atoms with van der Waals surface area (Å²) in [5, 5.41) is 11.0. The lowest BCUT2D eigenvalue weighted by atomic mass is 9.97. The van der Waals surface area contributed by atoms with E-state index >= 15 is 0 Å². The second-order valence-corrected chi connectivity index (χ2v) is 7.24. The molecule has 1 aliphatic rings. The number of hydrogen-bond donors (Lipinski definition) is 0. The highest BCUT2D eigenvalue weighted by molar-refractivity contribution is 5.73. The SMILES string of the molecule is CC(C)(C)OC(=O)N1CCC(C(=O)OCc2ccccc2[N+](=O)[O-])CC1. The number of benzene rings is 1. The van der Waals surface area contributed by atoms with Crippen molar-refractivity contribution in [1.29, 1.82) is 0 Å². The molecule has 1 aromatic rings. The smallest absolute Gasteiger partial charge is 0.410 e. The summed E-state index contributed by atoms with van der Waals surface area (Å²) in [5.74, 6) is -0.719. The number of carbonyl (C=O) groups excluding carboxylic acids is 2. The minimum Gasteiger partial charge on any atom is -0.460 e. The summed E-state index contributed by atoms with van der Waals surface area (Å²) >= 11 is 0. The van der Waals surface area contributed by atoms with Crippen molar-refractivity contribution >= 4 is 17.7 Å². The van der Waals surface area contributed by atoms with Crippen molar-refractivity contribution < 1.29 is 24.0 Å². The van der Waals surface area contributed by atoms with Crippen LogP contribution in [0, 0.1) is 16.0 Å². The van der Waals surface area contributed by atoms with E-state index in [-0.39, 0.29) is 24.3 Å². The van der Waals surface area contributed by atoms with E-state index in [2.05, 4.69) is 0 Å². The second kappa shape index (κ2) is 8.16. The van der Waals surface area contributed by atoms with Gasteiger partial charge in [-0.15, -0.1) is 0 Å². The van der Waals surface area contributed by atoms with Gasteiger partial charge in [-0.3, -0.25) is 14.9 Å². The summed E-state index contributed by atoms with van der Waals surface area (Å²) < 4.78 is 10.6. The Bertz CT molecular complexity index is 675. The first-order valence-electron chi connectivity index (χ1n) is 8.54. The van der Waals surface area contributed by atoms with Crippen molar-refractivity contribution in [1.82, 2.24) is 4.90 Å². The number of likely N-dealkylation sites (tertiary alicyclic amines) is 1. The highest BCUT2D eigenvalue weighted by atomic mass is 16.6. The molecule has 1 heterocycles. The molecule has 1 saturated heterocycles. The highest BCUT2D eigenvalue weighted by Gasteiger charge is 2.31. The van der Waals surface area contributed by atoms with Crippen LogP contribution in [-0.2, 0) is 20.9 Å². The van der Waals surface area contributed by atoms with Crippen LogP contribution in [0.15, 0.2) is 24.3 Å². The summed E-state index contributed by atoms with van der Waals surface area (Å²) in [6, 6.07) is 6.17. The number of nitro groups is 1. The van der Waals surface area contributed by atoms with Gasteiger partial charge in [0.1, 0.15) is 12.2 Å². The molecule has 1 amide bonds. The summed E-state index contributed by atoms with van der Waals surface area (Å²) in [6.07, 6.45) is 0.577. The first kappa shape index (κ1) is 19.7. The third-order valence-corrected chi connectivity index (χ3v) is 4.04. The van der Waals surface area contributed by atoms with E-state index in [1.165, 1.54) is 6.07 Å². The molecule has 8 nitrogen and oxygen atoms in total. The number of rotatable bonds is 4. The van der Waals surface area contributed by atoms with Gasteiger partial charge in [0.15, 0.2) is 0 Å². The quantitative estimate of drug-likeness (QED) is 0.462. The molecule has 0 bridgehead atoms. The van der Waals surface area contributed by atoms with Gasteiger partial charge in [0, 0.05) is 19.2 Å². The van der Waals surface area contributed by atoms with E-state index in [9.17, 15) is 19.7 Å². The Morgan fingerprint density at radius 1 is 1.23 bits per heavy atom. The van der Waals surface area contributed by atoms with Gasteiger partial charge in [-0.05, 0) is 39.7 Å². The maximum absolute atomic E-state index is 12.2. The number of ether oxygens (including phenoxy) is 2. The Labute approximate surface area is 152 Å². The monoisotopic (exact) mass is 364 g/mol.